The minimum atomic E-state index is 0.748. The van der Waals surface area contributed by atoms with Crippen molar-refractivity contribution in [1.82, 2.24) is 9.78 Å². The number of hydrogen-bond acceptors (Lipinski definition) is 2. The van der Waals surface area contributed by atoms with Crippen LogP contribution in [0.1, 0.15) is 19.0 Å². The highest BCUT2D eigenvalue weighted by Crippen LogP contribution is 2.12. The van der Waals surface area contributed by atoms with Crippen LogP contribution in [0, 0.1) is 12.3 Å². The van der Waals surface area contributed by atoms with Crippen LogP contribution in [0.3, 0.4) is 0 Å². The fourth-order valence-electron chi connectivity index (χ4n) is 1.21. The second-order valence-electron chi connectivity index (χ2n) is 2.90. The van der Waals surface area contributed by atoms with Crippen molar-refractivity contribution in [3.05, 3.63) is 11.9 Å². The molecule has 70 valence electrons. The highest BCUT2D eigenvalue weighted by molar-refractivity contribution is 5.46. The summed E-state index contributed by atoms with van der Waals surface area (Å²) in [7, 11) is 1.92. The lowest BCUT2D eigenvalue weighted by atomic mass is 10.3. The Morgan fingerprint density at radius 1 is 1.69 bits per heavy atom. The van der Waals surface area contributed by atoms with Crippen LogP contribution in [0.25, 0.3) is 0 Å². The molecular formula is C10H15N3. The van der Waals surface area contributed by atoms with Crippen LogP contribution in [0.15, 0.2) is 6.20 Å². The predicted molar refractivity (Wildman–Crippen MR) is 54.5 cm³/mol. The lowest BCUT2D eigenvalue weighted by molar-refractivity contribution is 0.746. The molecule has 0 atom stereocenters. The lowest BCUT2D eigenvalue weighted by Crippen LogP contribution is -2.01. The zero-order chi connectivity index (χ0) is 9.68. The molecular weight excluding hydrogens is 162 g/mol. The maximum Gasteiger partial charge on any atom is 0.0853 e. The molecule has 0 unspecified atom stereocenters. The van der Waals surface area contributed by atoms with Crippen molar-refractivity contribution in [2.24, 2.45) is 7.05 Å². The number of hydrogen-bond donors (Lipinski definition) is 1. The van der Waals surface area contributed by atoms with Gasteiger partial charge in [0.1, 0.15) is 0 Å². The van der Waals surface area contributed by atoms with Crippen molar-refractivity contribution < 1.29 is 0 Å². The van der Waals surface area contributed by atoms with Crippen LogP contribution in [-0.2, 0) is 13.5 Å². The molecule has 3 nitrogen and oxygen atoms in total. The molecule has 0 saturated heterocycles. The van der Waals surface area contributed by atoms with Crippen molar-refractivity contribution >= 4 is 5.69 Å². The Balaban J connectivity index is 2.59. The first-order valence-corrected chi connectivity index (χ1v) is 4.47. The number of aromatic nitrogens is 2. The number of nitrogens with zero attached hydrogens (tertiary/aromatic N) is 2. The van der Waals surface area contributed by atoms with E-state index in [-0.39, 0.29) is 0 Å². The van der Waals surface area contributed by atoms with E-state index in [0.29, 0.717) is 0 Å². The van der Waals surface area contributed by atoms with Crippen molar-refractivity contribution in [1.29, 1.82) is 0 Å². The third kappa shape index (κ3) is 2.51. The Bertz CT molecular complexity index is 306. The maximum absolute atomic E-state index is 5.16. The largest absolute Gasteiger partial charge is 0.381 e. The van der Waals surface area contributed by atoms with Gasteiger partial charge in [0.15, 0.2) is 0 Å². The molecule has 0 bridgehead atoms. The summed E-state index contributed by atoms with van der Waals surface area (Å²) >= 11 is 0. The lowest BCUT2D eigenvalue weighted by Gasteiger charge is -2.01. The first-order chi connectivity index (χ1) is 6.27. The summed E-state index contributed by atoms with van der Waals surface area (Å²) in [4.78, 5) is 0. The van der Waals surface area contributed by atoms with Gasteiger partial charge in [-0.05, 0) is 6.42 Å². The minimum Gasteiger partial charge on any atom is -0.381 e. The van der Waals surface area contributed by atoms with Crippen molar-refractivity contribution in [2.45, 2.75) is 19.8 Å². The van der Waals surface area contributed by atoms with E-state index in [1.165, 1.54) is 0 Å². The van der Waals surface area contributed by atoms with E-state index in [4.69, 9.17) is 6.42 Å². The van der Waals surface area contributed by atoms with Gasteiger partial charge in [-0.25, -0.2) is 0 Å². The van der Waals surface area contributed by atoms with E-state index < -0.39 is 0 Å². The second kappa shape index (κ2) is 4.56. The third-order valence-electron chi connectivity index (χ3n) is 1.82. The highest BCUT2D eigenvalue weighted by Gasteiger charge is 2.03. The smallest absolute Gasteiger partial charge is 0.0853 e. The molecule has 13 heavy (non-hydrogen) atoms. The molecule has 1 rings (SSSR count). The molecule has 1 aromatic heterocycles. The first kappa shape index (κ1) is 9.66. The van der Waals surface area contributed by atoms with E-state index in [1.54, 1.807) is 0 Å². The zero-order valence-corrected chi connectivity index (χ0v) is 8.17. The van der Waals surface area contributed by atoms with Gasteiger partial charge in [-0.15, -0.1) is 12.3 Å². The van der Waals surface area contributed by atoms with Gasteiger partial charge in [-0.1, -0.05) is 6.92 Å². The molecule has 1 aromatic rings. The molecule has 3 heteroatoms. The molecule has 0 saturated carbocycles. The second-order valence-corrected chi connectivity index (χ2v) is 2.90. The van der Waals surface area contributed by atoms with Gasteiger partial charge in [-0.3, -0.25) is 4.68 Å². The summed E-state index contributed by atoms with van der Waals surface area (Å²) in [6, 6.07) is 0. The molecule has 0 aliphatic heterocycles. The molecule has 0 amide bonds. The normalized spacial score (nSPS) is 9.62. The molecule has 0 radical (unpaired) electrons. The van der Waals surface area contributed by atoms with Gasteiger partial charge in [0.2, 0.25) is 0 Å². The minimum absolute atomic E-state index is 0.748. The summed E-state index contributed by atoms with van der Waals surface area (Å²) in [5, 5.41) is 7.57. The Hall–Kier alpha value is -1.43. The predicted octanol–water partition coefficient (Wildman–Crippen LogP) is 1.42. The van der Waals surface area contributed by atoms with Crippen LogP contribution in [0.5, 0.6) is 0 Å². The van der Waals surface area contributed by atoms with Crippen LogP contribution >= 0.6 is 0 Å². The molecule has 0 fully saturated rings. The number of nitrogens with one attached hydrogen (secondary N) is 1. The number of aryl methyl sites for hydroxylation is 2. The van der Waals surface area contributed by atoms with E-state index in [1.807, 2.05) is 17.9 Å². The molecule has 0 aliphatic carbocycles. The Labute approximate surface area is 79.1 Å². The van der Waals surface area contributed by atoms with Crippen LogP contribution < -0.4 is 5.32 Å². The third-order valence-corrected chi connectivity index (χ3v) is 1.82. The number of terminal acetylenes is 1. The molecule has 0 aliphatic rings. The fourth-order valence-corrected chi connectivity index (χ4v) is 1.21. The van der Waals surface area contributed by atoms with Gasteiger partial charge < -0.3 is 5.32 Å². The molecule has 0 spiro atoms. The van der Waals surface area contributed by atoms with Gasteiger partial charge in [0.05, 0.1) is 11.4 Å². The Morgan fingerprint density at radius 2 is 2.46 bits per heavy atom. The van der Waals surface area contributed by atoms with Crippen LogP contribution in [0.2, 0.25) is 0 Å². The highest BCUT2D eigenvalue weighted by atomic mass is 15.3. The van der Waals surface area contributed by atoms with Crippen LogP contribution in [0.4, 0.5) is 5.69 Å². The average Bonchev–Trinajstić information content (AvgIpc) is 2.47. The summed E-state index contributed by atoms with van der Waals surface area (Å²) in [6.45, 7) is 2.91. The topological polar surface area (TPSA) is 29.9 Å². The van der Waals surface area contributed by atoms with Gasteiger partial charge in [0, 0.05) is 26.2 Å². The quantitative estimate of drug-likeness (QED) is 0.557. The van der Waals surface area contributed by atoms with Gasteiger partial charge in [-0.2, -0.15) is 5.10 Å². The standard InChI is InChI=1S/C10H15N3/c1-4-6-7-11-10-8-13(3)12-9(10)5-2/h1,8,11H,5-7H2,2-3H3. The van der Waals surface area contributed by atoms with E-state index in [2.05, 4.69) is 23.3 Å². The molecule has 1 heterocycles. The fraction of sp³-hybridized carbons (Fsp3) is 0.500. The van der Waals surface area contributed by atoms with Gasteiger partial charge in [0.25, 0.3) is 0 Å². The monoisotopic (exact) mass is 177 g/mol. The van der Waals surface area contributed by atoms with E-state index in [9.17, 15) is 0 Å². The summed E-state index contributed by atoms with van der Waals surface area (Å²) in [6.07, 6.45) is 8.83. The SMILES string of the molecule is C#CCCNc1cn(C)nc1CC. The Kier molecular flexibility index (Phi) is 3.39. The number of anilines is 1. The van der Waals surface area contributed by atoms with E-state index in [0.717, 1.165) is 30.8 Å². The van der Waals surface area contributed by atoms with Gasteiger partial charge >= 0.3 is 0 Å². The molecule has 1 N–H and O–H groups in total. The van der Waals surface area contributed by atoms with Crippen molar-refractivity contribution in [3.63, 3.8) is 0 Å². The van der Waals surface area contributed by atoms with Crippen LogP contribution in [-0.4, -0.2) is 16.3 Å². The maximum atomic E-state index is 5.16. The Morgan fingerprint density at radius 3 is 3.08 bits per heavy atom. The summed E-state index contributed by atoms with van der Waals surface area (Å²) < 4.78 is 1.82. The average molecular weight is 177 g/mol. The first-order valence-electron chi connectivity index (χ1n) is 4.47. The van der Waals surface area contributed by atoms with E-state index >= 15 is 0 Å². The summed E-state index contributed by atoms with van der Waals surface area (Å²) in [5.41, 5.74) is 2.19. The van der Waals surface area contributed by atoms with Crippen molar-refractivity contribution in [3.8, 4) is 12.3 Å². The summed E-state index contributed by atoms with van der Waals surface area (Å²) in [5.74, 6) is 2.59. The zero-order valence-electron chi connectivity index (χ0n) is 8.17. The van der Waals surface area contributed by atoms with Crippen molar-refractivity contribution in [2.75, 3.05) is 11.9 Å². The molecule has 0 aromatic carbocycles. The number of rotatable bonds is 4.